The Kier molecular flexibility index (Phi) is 6.16. The third kappa shape index (κ3) is 4.40. The molecule has 1 aliphatic rings. The number of aromatic nitrogens is 1. The van der Waals surface area contributed by atoms with Crippen LogP contribution in [0.5, 0.6) is 5.75 Å². The maximum Gasteiger partial charge on any atom is 0.225 e. The Bertz CT molecular complexity index is 1330. The first-order valence-corrected chi connectivity index (χ1v) is 11.4. The molecule has 0 bridgehead atoms. The number of amidine groups is 1. The number of nitrogens with zero attached hydrogens (tertiary/aromatic N) is 4. The number of nitrogens with one attached hydrogen (secondary N) is 3. The smallest absolute Gasteiger partial charge is 0.225 e. The summed E-state index contributed by atoms with van der Waals surface area (Å²) >= 11 is 1.52. The summed E-state index contributed by atoms with van der Waals surface area (Å²) in [6.07, 6.45) is 2.96. The summed E-state index contributed by atoms with van der Waals surface area (Å²) in [4.78, 5) is 18.1. The lowest BCUT2D eigenvalue weighted by Gasteiger charge is -2.27. The Hall–Kier alpha value is -4.05. The van der Waals surface area contributed by atoms with Crippen molar-refractivity contribution in [2.24, 2.45) is 5.10 Å². The highest BCUT2D eigenvalue weighted by Crippen LogP contribution is 2.40. The molecular formula is C24H25N7O2S. The summed E-state index contributed by atoms with van der Waals surface area (Å²) in [7, 11) is 0. The molecule has 9 nitrogen and oxygen atoms in total. The number of benzene rings is 1. The predicted molar refractivity (Wildman–Crippen MR) is 135 cm³/mol. The van der Waals surface area contributed by atoms with Crippen LogP contribution >= 0.6 is 11.3 Å². The van der Waals surface area contributed by atoms with Crippen LogP contribution in [0.3, 0.4) is 0 Å². The maximum atomic E-state index is 11.4. The minimum Gasteiger partial charge on any atom is -0.506 e. The zero-order chi connectivity index (χ0) is 24.6. The molecular weight excluding hydrogens is 450 g/mol. The number of amides is 1. The number of thiophene rings is 1. The van der Waals surface area contributed by atoms with Crippen molar-refractivity contribution >= 4 is 45.4 Å². The quantitative estimate of drug-likeness (QED) is 0.328. The largest absolute Gasteiger partial charge is 0.506 e. The Morgan fingerprint density at radius 3 is 2.50 bits per heavy atom. The van der Waals surface area contributed by atoms with Crippen LogP contribution < -0.4 is 10.2 Å². The third-order valence-corrected chi connectivity index (χ3v) is 6.60. The van der Waals surface area contributed by atoms with Gasteiger partial charge in [-0.1, -0.05) is 12.1 Å². The van der Waals surface area contributed by atoms with Crippen LogP contribution in [-0.2, 0) is 11.3 Å². The van der Waals surface area contributed by atoms with Crippen molar-refractivity contribution < 1.29 is 9.90 Å². The number of rotatable bonds is 4. The number of fused-ring (bicyclic) bond motifs is 1. The number of aromatic hydroxyl groups is 1. The predicted octanol–water partition coefficient (Wildman–Crippen LogP) is 4.43. The highest BCUT2D eigenvalue weighted by atomic mass is 32.1. The first-order valence-electron chi connectivity index (χ1n) is 10.6. The molecule has 0 saturated heterocycles. The molecule has 174 valence electrons. The second-order valence-electron chi connectivity index (χ2n) is 8.02. The molecule has 2 aromatic heterocycles. The van der Waals surface area contributed by atoms with Crippen LogP contribution in [0.15, 0.2) is 47.8 Å². The van der Waals surface area contributed by atoms with Gasteiger partial charge >= 0.3 is 0 Å². The summed E-state index contributed by atoms with van der Waals surface area (Å²) in [5.41, 5.74) is 4.72. The number of hydrazone groups is 1. The van der Waals surface area contributed by atoms with E-state index < -0.39 is 0 Å². The average Bonchev–Trinajstić information content (AvgIpc) is 2.98. The molecule has 0 aliphatic carbocycles. The number of carbonyl (C=O) groups excluding carboxylic acids is 1. The number of guanidine groups is 1. The fraction of sp³-hybridized carbons (Fsp3) is 0.208. The molecule has 1 aliphatic heterocycles. The van der Waals surface area contributed by atoms with Crippen molar-refractivity contribution in [2.45, 2.75) is 34.2 Å². The van der Waals surface area contributed by atoms with Crippen LogP contribution in [-0.4, -0.2) is 38.5 Å². The van der Waals surface area contributed by atoms with Gasteiger partial charge in [0.05, 0.1) is 12.7 Å². The molecule has 0 fully saturated rings. The van der Waals surface area contributed by atoms with Gasteiger partial charge in [0.1, 0.15) is 22.3 Å². The Labute approximate surface area is 201 Å². The zero-order valence-corrected chi connectivity index (χ0v) is 20.1. The number of hydrogen-bond acceptors (Lipinski definition) is 7. The summed E-state index contributed by atoms with van der Waals surface area (Å²) < 4.78 is 0. The molecule has 10 heteroatoms. The van der Waals surface area contributed by atoms with Gasteiger partial charge in [-0.2, -0.15) is 5.10 Å². The van der Waals surface area contributed by atoms with E-state index in [1.807, 2.05) is 38.1 Å². The van der Waals surface area contributed by atoms with E-state index in [9.17, 15) is 9.90 Å². The van der Waals surface area contributed by atoms with E-state index >= 15 is 0 Å². The third-order valence-electron chi connectivity index (χ3n) is 5.41. The van der Waals surface area contributed by atoms with E-state index in [2.05, 4.69) is 10.3 Å². The van der Waals surface area contributed by atoms with E-state index in [0.717, 1.165) is 26.6 Å². The molecule has 3 aromatic rings. The molecule has 0 radical (unpaired) electrons. The second-order valence-corrected chi connectivity index (χ2v) is 9.23. The topological polar surface area (TPSA) is 129 Å². The fourth-order valence-electron chi connectivity index (χ4n) is 3.75. The molecule has 0 atom stereocenters. The Morgan fingerprint density at radius 2 is 1.88 bits per heavy atom. The van der Waals surface area contributed by atoms with Crippen LogP contribution in [0.4, 0.5) is 10.7 Å². The van der Waals surface area contributed by atoms with E-state index in [1.54, 1.807) is 24.1 Å². The minimum atomic E-state index is -0.150. The number of carbonyl (C=O) groups is 1. The van der Waals surface area contributed by atoms with Gasteiger partial charge in [0.25, 0.3) is 0 Å². The van der Waals surface area contributed by atoms with Gasteiger partial charge in [0, 0.05) is 34.8 Å². The van der Waals surface area contributed by atoms with Gasteiger partial charge in [0.15, 0.2) is 0 Å². The van der Waals surface area contributed by atoms with E-state index in [1.165, 1.54) is 29.5 Å². The number of aryl methyl sites for hydroxylation is 1. The van der Waals surface area contributed by atoms with E-state index in [4.69, 9.17) is 15.9 Å². The highest BCUT2D eigenvalue weighted by molar-refractivity contribution is 7.17. The molecule has 0 unspecified atom stereocenters. The SMILES string of the molecule is CC(=N)N1C(=N)N(Cc2cncc(O)c2)N=C(c2ccc(NC(C)=O)cc2)c2c1sc(C)c2C. The van der Waals surface area contributed by atoms with Crippen LogP contribution in [0, 0.1) is 24.7 Å². The van der Waals surface area contributed by atoms with Gasteiger partial charge < -0.3 is 10.4 Å². The first kappa shape index (κ1) is 23.1. The second kappa shape index (κ2) is 9.06. The number of pyridine rings is 1. The summed E-state index contributed by atoms with van der Waals surface area (Å²) in [6, 6.07) is 8.96. The van der Waals surface area contributed by atoms with E-state index in [0.29, 0.717) is 17.0 Å². The first-order chi connectivity index (χ1) is 16.2. The molecule has 0 saturated carbocycles. The number of anilines is 2. The monoisotopic (exact) mass is 475 g/mol. The average molecular weight is 476 g/mol. The summed E-state index contributed by atoms with van der Waals surface area (Å²) in [5.74, 6) is 0.108. The van der Waals surface area contributed by atoms with Gasteiger partial charge in [0.2, 0.25) is 11.9 Å². The van der Waals surface area contributed by atoms with Gasteiger partial charge in [-0.15, -0.1) is 11.3 Å². The van der Waals surface area contributed by atoms with Crippen molar-refractivity contribution in [2.75, 3.05) is 10.2 Å². The van der Waals surface area contributed by atoms with Gasteiger partial charge in [-0.25, -0.2) is 5.01 Å². The lowest BCUT2D eigenvalue weighted by molar-refractivity contribution is -0.114. The van der Waals surface area contributed by atoms with Crippen LogP contribution in [0.25, 0.3) is 0 Å². The normalized spacial score (nSPS) is 13.3. The molecule has 0 spiro atoms. The van der Waals surface area contributed by atoms with Crippen molar-refractivity contribution in [3.05, 3.63) is 69.9 Å². The maximum absolute atomic E-state index is 11.4. The van der Waals surface area contributed by atoms with E-state index in [-0.39, 0.29) is 30.0 Å². The number of hydrogen-bond donors (Lipinski definition) is 4. The summed E-state index contributed by atoms with van der Waals surface area (Å²) in [5, 5.41) is 37.1. The fourth-order valence-corrected chi connectivity index (χ4v) is 4.96. The molecule has 1 aromatic carbocycles. The standard InChI is InChI=1S/C24H25N7O2S/c1-13-14(2)34-23-21(13)22(18-5-7-19(8-6-18)28-16(4)32)29-30(24(26)31(23)15(3)25)12-17-9-20(33)11-27-10-17/h5-11,25-26,33H,12H2,1-4H3,(H,28,32). The van der Waals surface area contributed by atoms with Crippen molar-refractivity contribution in [3.63, 3.8) is 0 Å². The Balaban J connectivity index is 1.89. The van der Waals surface area contributed by atoms with Crippen molar-refractivity contribution in [1.82, 2.24) is 9.99 Å². The molecule has 3 heterocycles. The van der Waals surface area contributed by atoms with Crippen molar-refractivity contribution in [3.8, 4) is 5.75 Å². The lowest BCUT2D eigenvalue weighted by atomic mass is 9.99. The van der Waals surface area contributed by atoms with Gasteiger partial charge in [-0.3, -0.25) is 25.5 Å². The van der Waals surface area contributed by atoms with Crippen LogP contribution in [0.1, 0.15) is 41.0 Å². The van der Waals surface area contributed by atoms with Crippen molar-refractivity contribution in [1.29, 1.82) is 10.8 Å². The van der Waals surface area contributed by atoms with Crippen LogP contribution in [0.2, 0.25) is 0 Å². The minimum absolute atomic E-state index is 0.0299. The molecule has 1 amide bonds. The Morgan fingerprint density at radius 1 is 1.18 bits per heavy atom. The highest BCUT2D eigenvalue weighted by Gasteiger charge is 2.33. The molecule has 34 heavy (non-hydrogen) atoms. The zero-order valence-electron chi connectivity index (χ0n) is 19.3. The molecule has 4 N–H and O–H groups in total. The summed E-state index contributed by atoms with van der Waals surface area (Å²) in [6.45, 7) is 7.32. The lowest BCUT2D eigenvalue weighted by Crippen LogP contribution is -2.42. The van der Waals surface area contributed by atoms with Gasteiger partial charge in [-0.05, 0) is 50.1 Å². The molecule has 4 rings (SSSR count).